The van der Waals surface area contributed by atoms with Crippen molar-refractivity contribution in [3.63, 3.8) is 0 Å². The van der Waals surface area contributed by atoms with Gasteiger partial charge in [0.2, 0.25) is 0 Å². The molecule has 2 rings (SSSR count). The molecule has 2 fully saturated rings. The number of hydrogen-bond acceptors (Lipinski definition) is 5. The van der Waals surface area contributed by atoms with Crippen LogP contribution in [0.4, 0.5) is 0 Å². The standard InChI is InChI=1S/C20H40N4O3/c1-4-21-20(22-8-5-11-27-18-6-12-25-13-7-18)23-16-19(17(2)3)24-9-14-26-15-10-24/h17-19H,4-16H2,1-3H3,(H2,21,22,23). The van der Waals surface area contributed by atoms with Crippen molar-refractivity contribution in [1.82, 2.24) is 15.5 Å². The molecule has 0 aromatic heterocycles. The minimum atomic E-state index is 0.376. The molecule has 0 radical (unpaired) electrons. The largest absolute Gasteiger partial charge is 0.381 e. The molecule has 1 atom stereocenters. The fraction of sp³-hybridized carbons (Fsp3) is 0.950. The van der Waals surface area contributed by atoms with Gasteiger partial charge in [-0.25, -0.2) is 0 Å². The smallest absolute Gasteiger partial charge is 0.191 e. The van der Waals surface area contributed by atoms with E-state index in [1.165, 1.54) is 0 Å². The molecular weight excluding hydrogens is 344 g/mol. The lowest BCUT2D eigenvalue weighted by molar-refractivity contribution is -0.0320. The Balaban J connectivity index is 1.71. The fourth-order valence-corrected chi connectivity index (χ4v) is 3.56. The Morgan fingerprint density at radius 1 is 1.11 bits per heavy atom. The number of aliphatic imine (C=N–C) groups is 1. The minimum absolute atomic E-state index is 0.376. The highest BCUT2D eigenvalue weighted by Crippen LogP contribution is 2.13. The maximum Gasteiger partial charge on any atom is 0.191 e. The molecule has 158 valence electrons. The van der Waals surface area contributed by atoms with Crippen LogP contribution in [-0.2, 0) is 14.2 Å². The van der Waals surface area contributed by atoms with Crippen LogP contribution >= 0.6 is 0 Å². The van der Waals surface area contributed by atoms with Gasteiger partial charge in [0.25, 0.3) is 0 Å². The molecule has 0 amide bonds. The lowest BCUT2D eigenvalue weighted by Gasteiger charge is -2.36. The van der Waals surface area contributed by atoms with Crippen molar-refractivity contribution in [1.29, 1.82) is 0 Å². The van der Waals surface area contributed by atoms with Crippen LogP contribution in [0.5, 0.6) is 0 Å². The van der Waals surface area contributed by atoms with Gasteiger partial charge in [-0.1, -0.05) is 13.8 Å². The molecular formula is C20H40N4O3. The normalized spacial score (nSPS) is 21.4. The first-order chi connectivity index (χ1) is 13.2. The summed E-state index contributed by atoms with van der Waals surface area (Å²) in [4.78, 5) is 7.37. The van der Waals surface area contributed by atoms with Crippen molar-refractivity contribution in [2.45, 2.75) is 52.2 Å². The van der Waals surface area contributed by atoms with Crippen molar-refractivity contribution in [3.05, 3.63) is 0 Å². The Labute approximate surface area is 165 Å². The van der Waals surface area contributed by atoms with Gasteiger partial charge in [-0.05, 0) is 32.1 Å². The fourth-order valence-electron chi connectivity index (χ4n) is 3.56. The van der Waals surface area contributed by atoms with Crippen molar-refractivity contribution >= 4 is 5.96 Å². The third-order valence-corrected chi connectivity index (χ3v) is 5.20. The van der Waals surface area contributed by atoms with E-state index in [-0.39, 0.29) is 0 Å². The molecule has 0 aliphatic carbocycles. The van der Waals surface area contributed by atoms with Crippen molar-refractivity contribution in [3.8, 4) is 0 Å². The van der Waals surface area contributed by atoms with Gasteiger partial charge in [-0.2, -0.15) is 0 Å². The van der Waals surface area contributed by atoms with Crippen LogP contribution in [0.25, 0.3) is 0 Å². The SMILES string of the molecule is CCNC(=NCC(C(C)C)N1CCOCC1)NCCCOC1CCOCC1. The number of nitrogens with one attached hydrogen (secondary N) is 2. The van der Waals surface area contributed by atoms with E-state index < -0.39 is 0 Å². The average molecular weight is 385 g/mol. The zero-order valence-electron chi connectivity index (χ0n) is 17.5. The van der Waals surface area contributed by atoms with Crippen LogP contribution in [0.15, 0.2) is 4.99 Å². The molecule has 7 heteroatoms. The maximum atomic E-state index is 5.93. The average Bonchev–Trinajstić information content (AvgIpc) is 2.69. The monoisotopic (exact) mass is 384 g/mol. The van der Waals surface area contributed by atoms with E-state index in [1.54, 1.807) is 0 Å². The van der Waals surface area contributed by atoms with Crippen LogP contribution in [0.2, 0.25) is 0 Å². The van der Waals surface area contributed by atoms with Crippen LogP contribution in [-0.4, -0.2) is 88.8 Å². The van der Waals surface area contributed by atoms with Crippen LogP contribution in [0, 0.1) is 5.92 Å². The molecule has 2 N–H and O–H groups in total. The molecule has 2 aliphatic rings. The van der Waals surface area contributed by atoms with Gasteiger partial charge in [0.1, 0.15) is 0 Å². The van der Waals surface area contributed by atoms with E-state index in [0.29, 0.717) is 18.1 Å². The third kappa shape index (κ3) is 8.77. The molecule has 0 bridgehead atoms. The third-order valence-electron chi connectivity index (χ3n) is 5.20. The summed E-state index contributed by atoms with van der Waals surface area (Å²) >= 11 is 0. The van der Waals surface area contributed by atoms with Crippen molar-refractivity contribution in [2.75, 3.05) is 65.8 Å². The molecule has 0 aromatic rings. The number of nitrogens with zero attached hydrogens (tertiary/aromatic N) is 2. The van der Waals surface area contributed by atoms with Gasteiger partial charge < -0.3 is 24.8 Å². The molecule has 2 aliphatic heterocycles. The van der Waals surface area contributed by atoms with E-state index in [0.717, 1.165) is 91.0 Å². The van der Waals surface area contributed by atoms with Crippen LogP contribution in [0.3, 0.4) is 0 Å². The Kier molecular flexibility index (Phi) is 11.0. The number of guanidine groups is 1. The molecule has 0 saturated carbocycles. The Morgan fingerprint density at radius 2 is 1.81 bits per heavy atom. The summed E-state index contributed by atoms with van der Waals surface area (Å²) in [5.41, 5.74) is 0. The van der Waals surface area contributed by atoms with Crippen molar-refractivity contribution < 1.29 is 14.2 Å². The summed E-state index contributed by atoms with van der Waals surface area (Å²) in [6.45, 7) is 15.4. The zero-order chi connectivity index (χ0) is 19.3. The molecule has 0 spiro atoms. The van der Waals surface area contributed by atoms with Gasteiger partial charge in [0.05, 0.1) is 25.9 Å². The van der Waals surface area contributed by atoms with E-state index in [2.05, 4.69) is 36.3 Å². The second kappa shape index (κ2) is 13.3. The summed E-state index contributed by atoms with van der Waals surface area (Å²) in [6.07, 6.45) is 3.41. The van der Waals surface area contributed by atoms with Crippen LogP contribution in [0.1, 0.15) is 40.0 Å². The first-order valence-corrected chi connectivity index (χ1v) is 10.7. The van der Waals surface area contributed by atoms with Gasteiger partial charge >= 0.3 is 0 Å². The second-order valence-electron chi connectivity index (χ2n) is 7.64. The van der Waals surface area contributed by atoms with Gasteiger partial charge in [-0.15, -0.1) is 0 Å². The van der Waals surface area contributed by atoms with E-state index in [4.69, 9.17) is 19.2 Å². The maximum absolute atomic E-state index is 5.93. The Bertz CT molecular complexity index is 408. The molecule has 0 aromatic carbocycles. The highest BCUT2D eigenvalue weighted by atomic mass is 16.5. The minimum Gasteiger partial charge on any atom is -0.381 e. The summed E-state index contributed by atoms with van der Waals surface area (Å²) in [5.74, 6) is 1.48. The molecule has 7 nitrogen and oxygen atoms in total. The first kappa shape index (κ1) is 22.4. The molecule has 2 heterocycles. The summed E-state index contributed by atoms with van der Waals surface area (Å²) in [6, 6.07) is 0.459. The Hall–Kier alpha value is -0.890. The molecule has 27 heavy (non-hydrogen) atoms. The topological polar surface area (TPSA) is 67.4 Å². The second-order valence-corrected chi connectivity index (χ2v) is 7.64. The molecule has 2 saturated heterocycles. The lowest BCUT2D eigenvalue weighted by Crippen LogP contribution is -2.48. The summed E-state index contributed by atoms with van der Waals surface area (Å²) in [7, 11) is 0. The number of morpholine rings is 1. The predicted octanol–water partition coefficient (Wildman–Crippen LogP) is 1.48. The van der Waals surface area contributed by atoms with Gasteiger partial charge in [-0.3, -0.25) is 9.89 Å². The first-order valence-electron chi connectivity index (χ1n) is 10.7. The van der Waals surface area contributed by atoms with E-state index in [9.17, 15) is 0 Å². The number of rotatable bonds is 10. The van der Waals surface area contributed by atoms with Gasteiger partial charge in [0, 0.05) is 52.0 Å². The number of ether oxygens (including phenoxy) is 3. The zero-order valence-corrected chi connectivity index (χ0v) is 17.5. The summed E-state index contributed by atoms with van der Waals surface area (Å²) < 4.78 is 16.8. The number of hydrogen-bond donors (Lipinski definition) is 2. The summed E-state index contributed by atoms with van der Waals surface area (Å²) in [5, 5.41) is 6.81. The molecule has 1 unspecified atom stereocenters. The van der Waals surface area contributed by atoms with Crippen molar-refractivity contribution in [2.24, 2.45) is 10.9 Å². The highest BCUT2D eigenvalue weighted by Gasteiger charge is 2.23. The lowest BCUT2D eigenvalue weighted by atomic mass is 10.0. The highest BCUT2D eigenvalue weighted by molar-refractivity contribution is 5.79. The Morgan fingerprint density at radius 3 is 2.48 bits per heavy atom. The quantitative estimate of drug-likeness (QED) is 0.338. The van der Waals surface area contributed by atoms with Gasteiger partial charge in [0.15, 0.2) is 5.96 Å². The van der Waals surface area contributed by atoms with E-state index in [1.807, 2.05) is 0 Å². The predicted molar refractivity (Wildman–Crippen MR) is 109 cm³/mol. The van der Waals surface area contributed by atoms with E-state index >= 15 is 0 Å². The van der Waals surface area contributed by atoms with Crippen LogP contribution < -0.4 is 10.6 Å².